The van der Waals surface area contributed by atoms with Crippen LogP contribution in [0.15, 0.2) is 54.6 Å². The Kier molecular flexibility index (Phi) is 5.46. The minimum atomic E-state index is -0.0149. The Bertz CT molecular complexity index is 842. The number of hydrogen-bond acceptors (Lipinski definition) is 4. The highest BCUT2D eigenvalue weighted by atomic mass is 32.1. The fourth-order valence-electron chi connectivity index (χ4n) is 2.55. The first-order chi connectivity index (χ1) is 12.2. The maximum atomic E-state index is 12.2. The van der Waals surface area contributed by atoms with Crippen molar-refractivity contribution in [1.29, 1.82) is 0 Å². The molecule has 4 nitrogen and oxygen atoms in total. The van der Waals surface area contributed by atoms with Gasteiger partial charge in [-0.3, -0.25) is 4.79 Å². The second-order valence-corrected chi connectivity index (χ2v) is 6.89. The zero-order valence-electron chi connectivity index (χ0n) is 14.3. The van der Waals surface area contributed by atoms with Crippen molar-refractivity contribution in [3.63, 3.8) is 0 Å². The molecule has 0 radical (unpaired) electrons. The lowest BCUT2D eigenvalue weighted by Crippen LogP contribution is -2.12. The lowest BCUT2D eigenvalue weighted by atomic mass is 10.1. The van der Waals surface area contributed by atoms with Gasteiger partial charge >= 0.3 is 0 Å². The average Bonchev–Trinajstić information content (AvgIpc) is 3.01. The van der Waals surface area contributed by atoms with E-state index in [1.165, 1.54) is 11.3 Å². The highest BCUT2D eigenvalue weighted by Gasteiger charge is 2.12. The molecule has 1 heterocycles. The molecule has 1 aromatic heterocycles. The maximum Gasteiger partial charge on any atom is 0.226 e. The maximum absolute atomic E-state index is 12.2. The number of carbonyl (C=O) groups is 1. The monoisotopic (exact) mass is 352 g/mol. The molecule has 1 amide bonds. The van der Waals surface area contributed by atoms with Crippen molar-refractivity contribution in [3.05, 3.63) is 65.0 Å². The first-order valence-corrected chi connectivity index (χ1v) is 8.93. The van der Waals surface area contributed by atoms with Gasteiger partial charge in [-0.1, -0.05) is 30.3 Å². The van der Waals surface area contributed by atoms with E-state index in [0.717, 1.165) is 33.9 Å². The summed E-state index contributed by atoms with van der Waals surface area (Å²) in [6.45, 7) is 2.01. The highest BCUT2D eigenvalue weighted by molar-refractivity contribution is 7.16. The molecule has 0 aliphatic rings. The van der Waals surface area contributed by atoms with Gasteiger partial charge in [0.2, 0.25) is 5.91 Å². The molecule has 0 aliphatic carbocycles. The number of rotatable bonds is 6. The van der Waals surface area contributed by atoms with Gasteiger partial charge in [-0.05, 0) is 43.2 Å². The molecular formula is C20H20N2O2S. The Balaban J connectivity index is 1.64. The summed E-state index contributed by atoms with van der Waals surface area (Å²) in [4.78, 5) is 17.8. The number of hydrogen-bond donors (Lipinski definition) is 1. The van der Waals surface area contributed by atoms with Crippen LogP contribution in [-0.4, -0.2) is 18.0 Å². The summed E-state index contributed by atoms with van der Waals surface area (Å²) in [6, 6.07) is 17.8. The van der Waals surface area contributed by atoms with Gasteiger partial charge < -0.3 is 10.1 Å². The van der Waals surface area contributed by atoms with Crippen LogP contribution in [0.1, 0.15) is 16.9 Å². The zero-order chi connectivity index (χ0) is 17.6. The van der Waals surface area contributed by atoms with E-state index in [9.17, 15) is 4.79 Å². The van der Waals surface area contributed by atoms with Crippen LogP contribution < -0.4 is 10.1 Å². The molecule has 0 aliphatic heterocycles. The molecule has 2 aromatic carbocycles. The summed E-state index contributed by atoms with van der Waals surface area (Å²) in [5.41, 5.74) is 3.07. The molecule has 1 N–H and O–H groups in total. The van der Waals surface area contributed by atoms with Gasteiger partial charge in [0.05, 0.1) is 12.8 Å². The van der Waals surface area contributed by atoms with Gasteiger partial charge in [-0.15, -0.1) is 11.3 Å². The quantitative estimate of drug-likeness (QED) is 0.700. The topological polar surface area (TPSA) is 51.2 Å². The molecule has 0 unspecified atom stereocenters. The Hall–Kier alpha value is -2.66. The van der Waals surface area contributed by atoms with Crippen LogP contribution >= 0.6 is 11.3 Å². The van der Waals surface area contributed by atoms with Crippen LogP contribution in [-0.2, 0) is 11.2 Å². The molecule has 5 heteroatoms. The first kappa shape index (κ1) is 17.2. The Morgan fingerprint density at radius 3 is 2.52 bits per heavy atom. The van der Waals surface area contributed by atoms with E-state index in [0.29, 0.717) is 11.6 Å². The molecule has 3 aromatic rings. The molecule has 0 fully saturated rings. The van der Waals surface area contributed by atoms with E-state index < -0.39 is 0 Å². The van der Waals surface area contributed by atoms with Crippen molar-refractivity contribution in [3.8, 4) is 17.0 Å². The van der Waals surface area contributed by atoms with Gasteiger partial charge in [0.25, 0.3) is 0 Å². The molecule has 3 rings (SSSR count). The molecule has 0 saturated heterocycles. The zero-order valence-corrected chi connectivity index (χ0v) is 15.1. The average molecular weight is 352 g/mol. The Morgan fingerprint density at radius 2 is 1.84 bits per heavy atom. The predicted octanol–water partition coefficient (Wildman–Crippen LogP) is 4.70. The first-order valence-electron chi connectivity index (χ1n) is 8.11. The SMILES string of the molecule is COc1ccc(-c2nc(NC(=O)CCc3ccccc3)sc2C)cc1. The van der Waals surface area contributed by atoms with E-state index in [1.807, 2.05) is 61.5 Å². The number of nitrogens with one attached hydrogen (secondary N) is 1. The van der Waals surface area contributed by atoms with Crippen LogP contribution in [0, 0.1) is 6.92 Å². The van der Waals surface area contributed by atoms with Crippen LogP contribution in [0.3, 0.4) is 0 Å². The number of nitrogens with zero attached hydrogens (tertiary/aromatic N) is 1. The number of aryl methyl sites for hydroxylation is 2. The smallest absolute Gasteiger partial charge is 0.226 e. The van der Waals surface area contributed by atoms with Crippen molar-refractivity contribution in [2.24, 2.45) is 0 Å². The summed E-state index contributed by atoms with van der Waals surface area (Å²) in [6.07, 6.45) is 1.17. The third-order valence-corrected chi connectivity index (χ3v) is 4.78. The molecule has 0 saturated carbocycles. The van der Waals surface area contributed by atoms with Crippen LogP contribution in [0.4, 0.5) is 5.13 Å². The second-order valence-electron chi connectivity index (χ2n) is 5.69. The lowest BCUT2D eigenvalue weighted by molar-refractivity contribution is -0.116. The Morgan fingerprint density at radius 1 is 1.12 bits per heavy atom. The molecular weight excluding hydrogens is 332 g/mol. The predicted molar refractivity (Wildman–Crippen MR) is 102 cm³/mol. The van der Waals surface area contributed by atoms with Crippen molar-refractivity contribution < 1.29 is 9.53 Å². The number of benzene rings is 2. The van der Waals surface area contributed by atoms with Crippen molar-refractivity contribution in [1.82, 2.24) is 4.98 Å². The summed E-state index contributed by atoms with van der Waals surface area (Å²) >= 11 is 1.49. The molecule has 128 valence electrons. The summed E-state index contributed by atoms with van der Waals surface area (Å²) in [5.74, 6) is 0.796. The standard InChI is InChI=1S/C20H20N2O2S/c1-14-19(16-9-11-17(24-2)12-10-16)22-20(25-14)21-18(23)13-8-15-6-4-3-5-7-15/h3-7,9-12H,8,13H2,1-2H3,(H,21,22,23). The van der Waals surface area contributed by atoms with Crippen molar-refractivity contribution in [2.45, 2.75) is 19.8 Å². The van der Waals surface area contributed by atoms with Crippen LogP contribution in [0.5, 0.6) is 5.75 Å². The van der Waals surface area contributed by atoms with E-state index in [1.54, 1.807) is 7.11 Å². The van der Waals surface area contributed by atoms with E-state index >= 15 is 0 Å². The van der Waals surface area contributed by atoms with Crippen molar-refractivity contribution in [2.75, 3.05) is 12.4 Å². The fourth-order valence-corrected chi connectivity index (χ4v) is 3.40. The minimum Gasteiger partial charge on any atom is -0.497 e. The fraction of sp³-hybridized carbons (Fsp3) is 0.200. The summed E-state index contributed by atoms with van der Waals surface area (Å²) < 4.78 is 5.18. The lowest BCUT2D eigenvalue weighted by Gasteiger charge is -2.03. The van der Waals surface area contributed by atoms with Crippen LogP contribution in [0.25, 0.3) is 11.3 Å². The number of amides is 1. The number of aromatic nitrogens is 1. The minimum absolute atomic E-state index is 0.0149. The number of methoxy groups -OCH3 is 1. The van der Waals surface area contributed by atoms with Gasteiger partial charge in [-0.2, -0.15) is 0 Å². The van der Waals surface area contributed by atoms with Gasteiger partial charge in [0.1, 0.15) is 5.75 Å². The molecule has 0 bridgehead atoms. The van der Waals surface area contributed by atoms with Crippen LogP contribution in [0.2, 0.25) is 0 Å². The summed E-state index contributed by atoms with van der Waals surface area (Å²) in [7, 11) is 1.65. The highest BCUT2D eigenvalue weighted by Crippen LogP contribution is 2.31. The third-order valence-electron chi connectivity index (χ3n) is 3.89. The molecule has 0 spiro atoms. The van der Waals surface area contributed by atoms with Gasteiger partial charge in [-0.25, -0.2) is 4.98 Å². The number of thiazole rings is 1. The van der Waals surface area contributed by atoms with Gasteiger partial charge in [0, 0.05) is 16.9 Å². The van der Waals surface area contributed by atoms with E-state index in [4.69, 9.17) is 4.74 Å². The number of anilines is 1. The molecule has 0 atom stereocenters. The summed E-state index contributed by atoms with van der Waals surface area (Å²) in [5, 5.41) is 3.55. The second kappa shape index (κ2) is 7.94. The largest absolute Gasteiger partial charge is 0.497 e. The van der Waals surface area contributed by atoms with Crippen molar-refractivity contribution >= 4 is 22.4 Å². The molecule has 25 heavy (non-hydrogen) atoms. The van der Waals surface area contributed by atoms with E-state index in [2.05, 4.69) is 10.3 Å². The normalized spacial score (nSPS) is 10.5. The third kappa shape index (κ3) is 4.45. The Labute approximate surface area is 151 Å². The van der Waals surface area contributed by atoms with Gasteiger partial charge in [0.15, 0.2) is 5.13 Å². The van der Waals surface area contributed by atoms with E-state index in [-0.39, 0.29) is 5.91 Å². The number of carbonyl (C=O) groups excluding carboxylic acids is 1. The number of ether oxygens (including phenoxy) is 1.